The fraction of sp³-hybridized carbons (Fsp3) is 0.125. The van der Waals surface area contributed by atoms with Gasteiger partial charge in [-0.2, -0.15) is 9.78 Å². The summed E-state index contributed by atoms with van der Waals surface area (Å²) in [4.78, 5) is 7.81. The lowest BCUT2D eigenvalue weighted by Gasteiger charge is -2.02. The summed E-state index contributed by atoms with van der Waals surface area (Å²) in [5.41, 5.74) is 0.525. The zero-order chi connectivity index (χ0) is 11.8. The van der Waals surface area contributed by atoms with Crippen molar-refractivity contribution < 1.29 is 8.42 Å². The molecule has 0 aliphatic rings. The first-order valence-electron chi connectivity index (χ1n) is 4.35. The molecule has 0 amide bonds. The van der Waals surface area contributed by atoms with Gasteiger partial charge in [-0.25, -0.2) is 23.5 Å². The summed E-state index contributed by atoms with van der Waals surface area (Å²) in [5.74, 6) is 0.166. The van der Waals surface area contributed by atoms with Crippen LogP contribution in [0.2, 0.25) is 0 Å². The molecule has 2 aromatic heterocycles. The van der Waals surface area contributed by atoms with E-state index in [9.17, 15) is 8.42 Å². The molecule has 0 saturated heterocycles. The van der Waals surface area contributed by atoms with Crippen LogP contribution in [0.25, 0.3) is 5.95 Å². The van der Waals surface area contributed by atoms with Gasteiger partial charge in [0.05, 0.1) is 5.69 Å². The third-order valence-corrected chi connectivity index (χ3v) is 2.71. The average Bonchev–Trinajstić information content (AvgIpc) is 2.61. The Balaban J connectivity index is 2.67. The summed E-state index contributed by atoms with van der Waals surface area (Å²) in [6.45, 7) is 1.66. The zero-order valence-electron chi connectivity index (χ0n) is 8.40. The van der Waals surface area contributed by atoms with Crippen molar-refractivity contribution in [1.82, 2.24) is 19.7 Å². The van der Waals surface area contributed by atoms with Gasteiger partial charge in [0.25, 0.3) is 16.0 Å². The van der Waals surface area contributed by atoms with Crippen LogP contribution in [0.1, 0.15) is 5.69 Å². The maximum atomic E-state index is 11.3. The van der Waals surface area contributed by atoms with Crippen molar-refractivity contribution in [2.24, 2.45) is 5.14 Å². The number of nitrogens with zero attached hydrogens (tertiary/aromatic N) is 4. The number of aromatic nitrogens is 4. The van der Waals surface area contributed by atoms with Crippen LogP contribution in [-0.4, -0.2) is 28.2 Å². The molecule has 2 rings (SSSR count). The van der Waals surface area contributed by atoms with Gasteiger partial charge in [-0.3, -0.25) is 0 Å². The van der Waals surface area contributed by atoms with Gasteiger partial charge < -0.3 is 0 Å². The number of aryl methyl sites for hydroxylation is 1. The highest BCUT2D eigenvalue weighted by atomic mass is 32.2. The molecule has 0 unspecified atom stereocenters. The highest BCUT2D eigenvalue weighted by Crippen LogP contribution is 2.12. The van der Waals surface area contributed by atoms with E-state index in [1.807, 2.05) is 0 Å². The quantitative estimate of drug-likeness (QED) is 0.769. The van der Waals surface area contributed by atoms with Crippen LogP contribution in [0, 0.1) is 6.92 Å². The molecule has 0 atom stereocenters. The molecule has 0 aliphatic carbocycles. The molecule has 16 heavy (non-hydrogen) atoms. The minimum Gasteiger partial charge on any atom is -0.223 e. The van der Waals surface area contributed by atoms with Crippen molar-refractivity contribution in [2.45, 2.75) is 11.9 Å². The van der Waals surface area contributed by atoms with E-state index in [0.29, 0.717) is 5.69 Å². The molecule has 8 heteroatoms. The lowest BCUT2D eigenvalue weighted by Crippen LogP contribution is -2.18. The second kappa shape index (κ2) is 3.65. The van der Waals surface area contributed by atoms with Gasteiger partial charge in [0.2, 0.25) is 0 Å². The highest BCUT2D eigenvalue weighted by Gasteiger charge is 2.18. The van der Waals surface area contributed by atoms with E-state index in [2.05, 4.69) is 15.1 Å². The highest BCUT2D eigenvalue weighted by molar-refractivity contribution is 7.89. The van der Waals surface area contributed by atoms with Crippen molar-refractivity contribution >= 4 is 10.0 Å². The van der Waals surface area contributed by atoms with E-state index >= 15 is 0 Å². The lowest BCUT2D eigenvalue weighted by molar-refractivity contribution is 0.585. The fourth-order valence-electron chi connectivity index (χ4n) is 1.22. The van der Waals surface area contributed by atoms with Crippen molar-refractivity contribution in [1.29, 1.82) is 0 Å². The van der Waals surface area contributed by atoms with Crippen LogP contribution >= 0.6 is 0 Å². The summed E-state index contributed by atoms with van der Waals surface area (Å²) < 4.78 is 23.7. The Morgan fingerprint density at radius 1 is 1.31 bits per heavy atom. The third kappa shape index (κ3) is 1.92. The van der Waals surface area contributed by atoms with E-state index in [4.69, 9.17) is 5.14 Å². The molecule has 0 saturated carbocycles. The number of rotatable bonds is 2. The van der Waals surface area contributed by atoms with E-state index < -0.39 is 10.0 Å². The Morgan fingerprint density at radius 2 is 1.94 bits per heavy atom. The number of sulfonamides is 1. The van der Waals surface area contributed by atoms with Crippen LogP contribution in [0.15, 0.2) is 29.6 Å². The summed E-state index contributed by atoms with van der Waals surface area (Å²) in [5, 5.41) is 8.92. The second-order valence-corrected chi connectivity index (χ2v) is 4.64. The number of hydrogen-bond donors (Lipinski definition) is 1. The zero-order valence-corrected chi connectivity index (χ0v) is 9.22. The number of nitrogens with two attached hydrogens (primary N) is 1. The largest absolute Gasteiger partial charge is 0.255 e. The van der Waals surface area contributed by atoms with Gasteiger partial charge in [-0.05, 0) is 13.0 Å². The molecule has 2 N–H and O–H groups in total. The molecule has 84 valence electrons. The minimum absolute atomic E-state index is 0.129. The van der Waals surface area contributed by atoms with Gasteiger partial charge in [0, 0.05) is 18.5 Å². The van der Waals surface area contributed by atoms with E-state index in [-0.39, 0.29) is 11.0 Å². The Bertz CT molecular complexity index is 605. The average molecular weight is 239 g/mol. The smallest absolute Gasteiger partial charge is 0.223 e. The van der Waals surface area contributed by atoms with Crippen LogP contribution < -0.4 is 5.14 Å². The summed E-state index contributed by atoms with van der Waals surface area (Å²) >= 11 is 0. The molecule has 0 aliphatic heterocycles. The van der Waals surface area contributed by atoms with Crippen molar-refractivity contribution in [3.8, 4) is 5.95 Å². The molecule has 2 aromatic rings. The Hall–Kier alpha value is -1.80. The topological polar surface area (TPSA) is 104 Å². The van der Waals surface area contributed by atoms with Crippen LogP contribution in [-0.2, 0) is 10.0 Å². The minimum atomic E-state index is -3.84. The summed E-state index contributed by atoms with van der Waals surface area (Å²) in [6, 6.07) is 2.99. The monoisotopic (exact) mass is 239 g/mol. The summed E-state index contributed by atoms with van der Waals surface area (Å²) in [6.07, 6.45) is 2.98. The van der Waals surface area contributed by atoms with Gasteiger partial charge in [0.1, 0.15) is 0 Å². The van der Waals surface area contributed by atoms with Crippen molar-refractivity contribution in [3.05, 3.63) is 30.2 Å². The van der Waals surface area contributed by atoms with Crippen molar-refractivity contribution in [2.75, 3.05) is 0 Å². The van der Waals surface area contributed by atoms with Crippen molar-refractivity contribution in [3.63, 3.8) is 0 Å². The Morgan fingerprint density at radius 3 is 2.50 bits per heavy atom. The van der Waals surface area contributed by atoms with E-state index in [1.165, 1.54) is 18.5 Å². The SMILES string of the molecule is Cc1cc(S(N)(=O)=O)n(-c2ncccn2)n1. The van der Waals surface area contributed by atoms with Crippen LogP contribution in [0.5, 0.6) is 0 Å². The van der Waals surface area contributed by atoms with Gasteiger partial charge in [-0.15, -0.1) is 0 Å². The first kappa shape index (κ1) is 10.7. The van der Waals surface area contributed by atoms with Crippen LogP contribution in [0.3, 0.4) is 0 Å². The predicted octanol–water partition coefficient (Wildman–Crippen LogP) is -0.382. The van der Waals surface area contributed by atoms with E-state index in [1.54, 1.807) is 13.0 Å². The predicted molar refractivity (Wildman–Crippen MR) is 55.3 cm³/mol. The van der Waals surface area contributed by atoms with Crippen LogP contribution in [0.4, 0.5) is 0 Å². The Kier molecular flexibility index (Phi) is 2.44. The molecule has 0 aromatic carbocycles. The lowest BCUT2D eigenvalue weighted by atomic mass is 10.5. The third-order valence-electron chi connectivity index (χ3n) is 1.83. The number of hydrogen-bond acceptors (Lipinski definition) is 5. The fourth-order valence-corrected chi connectivity index (χ4v) is 1.92. The van der Waals surface area contributed by atoms with E-state index in [0.717, 1.165) is 4.68 Å². The maximum absolute atomic E-state index is 11.3. The van der Waals surface area contributed by atoms with Gasteiger partial charge >= 0.3 is 0 Å². The Labute approximate surface area is 92.0 Å². The molecule has 0 spiro atoms. The molecule has 2 heterocycles. The molecule has 7 nitrogen and oxygen atoms in total. The molecule has 0 fully saturated rings. The molecule has 0 radical (unpaired) electrons. The first-order valence-corrected chi connectivity index (χ1v) is 5.90. The summed E-state index contributed by atoms with van der Waals surface area (Å²) in [7, 11) is -3.84. The van der Waals surface area contributed by atoms with Gasteiger partial charge in [0.15, 0.2) is 5.03 Å². The maximum Gasteiger partial charge on any atom is 0.255 e. The molecule has 0 bridgehead atoms. The second-order valence-electron chi connectivity index (χ2n) is 3.13. The standard InChI is InChI=1S/C8H9N5O2S/c1-6-5-7(16(9,14)15)13(12-6)8-10-3-2-4-11-8/h2-5H,1H3,(H2,9,14,15). The number of primary sulfonamides is 1. The first-order chi connectivity index (χ1) is 7.48. The molecular formula is C8H9N5O2S. The molecular weight excluding hydrogens is 230 g/mol. The normalized spacial score (nSPS) is 11.6. The van der Waals surface area contributed by atoms with Gasteiger partial charge in [-0.1, -0.05) is 0 Å².